The fraction of sp³-hybridized carbons (Fsp3) is 0.429. The third-order valence-electron chi connectivity index (χ3n) is 2.64. The van der Waals surface area contributed by atoms with Crippen molar-refractivity contribution in [1.29, 1.82) is 0 Å². The van der Waals surface area contributed by atoms with E-state index in [1.54, 1.807) is 7.11 Å². The highest BCUT2D eigenvalue weighted by atomic mass is 16.5. The maximum absolute atomic E-state index is 5.28. The predicted molar refractivity (Wildman–Crippen MR) is 72.8 cm³/mol. The Kier molecular flexibility index (Phi) is 4.52. The molecule has 0 aliphatic heterocycles. The smallest absolute Gasteiger partial charge is 0.240 e. The van der Waals surface area contributed by atoms with Gasteiger partial charge in [0, 0.05) is 0 Å². The third-order valence-corrected chi connectivity index (χ3v) is 2.64. The van der Waals surface area contributed by atoms with Gasteiger partial charge in [-0.2, -0.15) is 4.98 Å². The van der Waals surface area contributed by atoms with Gasteiger partial charge >= 0.3 is 0 Å². The van der Waals surface area contributed by atoms with Gasteiger partial charge in [-0.05, 0) is 24.6 Å². The van der Waals surface area contributed by atoms with E-state index < -0.39 is 0 Å². The van der Waals surface area contributed by atoms with Gasteiger partial charge in [0.1, 0.15) is 5.75 Å². The van der Waals surface area contributed by atoms with Crippen molar-refractivity contribution in [3.05, 3.63) is 30.2 Å². The van der Waals surface area contributed by atoms with Crippen LogP contribution in [0, 0.1) is 5.92 Å². The van der Waals surface area contributed by atoms with Crippen LogP contribution in [0.25, 0.3) is 11.4 Å². The molecule has 0 fully saturated rings. The van der Waals surface area contributed by atoms with Gasteiger partial charge in [0.05, 0.1) is 19.2 Å². The summed E-state index contributed by atoms with van der Waals surface area (Å²) >= 11 is 0. The number of methoxy groups -OCH3 is 1. The van der Waals surface area contributed by atoms with E-state index in [1.165, 1.54) is 0 Å². The van der Waals surface area contributed by atoms with Crippen molar-refractivity contribution in [2.45, 2.75) is 20.4 Å². The van der Waals surface area contributed by atoms with Crippen molar-refractivity contribution >= 4 is 0 Å². The fourth-order valence-electron chi connectivity index (χ4n) is 1.73. The second kappa shape index (κ2) is 6.33. The zero-order valence-electron chi connectivity index (χ0n) is 11.5. The van der Waals surface area contributed by atoms with Crippen LogP contribution in [0.15, 0.2) is 28.8 Å². The molecular weight excluding hydrogens is 242 g/mol. The lowest BCUT2D eigenvalue weighted by molar-refractivity contribution is 0.363. The zero-order valence-corrected chi connectivity index (χ0v) is 11.5. The molecule has 1 N–H and O–H groups in total. The first-order chi connectivity index (χ1) is 9.20. The number of benzene rings is 1. The van der Waals surface area contributed by atoms with Crippen LogP contribution in [-0.4, -0.2) is 23.8 Å². The molecule has 102 valence electrons. The van der Waals surface area contributed by atoms with E-state index >= 15 is 0 Å². The molecule has 0 saturated heterocycles. The van der Waals surface area contributed by atoms with E-state index in [0.29, 0.717) is 24.2 Å². The Labute approximate surface area is 113 Å². The standard InChI is InChI=1S/C14H19N3O2/c1-10(2)8-15-9-13-16-14(17-19-13)11-6-4-5-7-12(11)18-3/h4-7,10,15H,8-9H2,1-3H3. The molecule has 5 nitrogen and oxygen atoms in total. The minimum atomic E-state index is 0.554. The maximum atomic E-state index is 5.28. The molecule has 1 aromatic carbocycles. The third kappa shape index (κ3) is 3.54. The minimum absolute atomic E-state index is 0.554. The van der Waals surface area contributed by atoms with Crippen LogP contribution in [0.2, 0.25) is 0 Å². The normalized spacial score (nSPS) is 10.9. The number of nitrogens with zero attached hydrogens (tertiary/aromatic N) is 2. The van der Waals surface area contributed by atoms with Crippen LogP contribution in [0.3, 0.4) is 0 Å². The number of aromatic nitrogens is 2. The molecule has 1 aromatic heterocycles. The maximum Gasteiger partial charge on any atom is 0.240 e. The van der Waals surface area contributed by atoms with Crippen molar-refractivity contribution in [3.63, 3.8) is 0 Å². The summed E-state index contributed by atoms with van der Waals surface area (Å²) in [6.45, 7) is 5.81. The number of hydrogen-bond donors (Lipinski definition) is 1. The Balaban J connectivity index is 2.08. The number of nitrogens with one attached hydrogen (secondary N) is 1. The van der Waals surface area contributed by atoms with E-state index in [1.807, 2.05) is 24.3 Å². The first-order valence-electron chi connectivity index (χ1n) is 6.37. The van der Waals surface area contributed by atoms with Gasteiger partial charge in [0.25, 0.3) is 0 Å². The van der Waals surface area contributed by atoms with Crippen LogP contribution in [-0.2, 0) is 6.54 Å². The lowest BCUT2D eigenvalue weighted by Crippen LogP contribution is -2.19. The Hall–Kier alpha value is -1.88. The van der Waals surface area contributed by atoms with E-state index in [9.17, 15) is 0 Å². The molecular formula is C14H19N3O2. The molecule has 0 atom stereocenters. The molecule has 19 heavy (non-hydrogen) atoms. The van der Waals surface area contributed by atoms with Crippen LogP contribution >= 0.6 is 0 Å². The predicted octanol–water partition coefficient (Wildman–Crippen LogP) is 2.49. The van der Waals surface area contributed by atoms with Crippen molar-refractivity contribution in [3.8, 4) is 17.1 Å². The number of rotatable bonds is 6. The fourth-order valence-corrected chi connectivity index (χ4v) is 1.73. The first kappa shape index (κ1) is 13.5. The highest BCUT2D eigenvalue weighted by molar-refractivity contribution is 5.63. The Bertz CT molecular complexity index is 523. The van der Waals surface area contributed by atoms with E-state index in [4.69, 9.17) is 9.26 Å². The molecule has 0 unspecified atom stereocenters. The van der Waals surface area contributed by atoms with Gasteiger partial charge < -0.3 is 14.6 Å². The monoisotopic (exact) mass is 261 g/mol. The van der Waals surface area contributed by atoms with Gasteiger partial charge in [-0.3, -0.25) is 0 Å². The molecule has 2 aromatic rings. The van der Waals surface area contributed by atoms with Gasteiger partial charge in [-0.15, -0.1) is 0 Å². The van der Waals surface area contributed by atoms with Crippen LogP contribution in [0.1, 0.15) is 19.7 Å². The van der Waals surface area contributed by atoms with Crippen LogP contribution < -0.4 is 10.1 Å². The average molecular weight is 261 g/mol. The van der Waals surface area contributed by atoms with Crippen molar-refractivity contribution in [2.24, 2.45) is 5.92 Å². The quantitative estimate of drug-likeness (QED) is 0.865. The number of hydrogen-bond acceptors (Lipinski definition) is 5. The lowest BCUT2D eigenvalue weighted by atomic mass is 10.2. The summed E-state index contributed by atoms with van der Waals surface area (Å²) in [4.78, 5) is 4.37. The highest BCUT2D eigenvalue weighted by Gasteiger charge is 2.12. The molecule has 0 spiro atoms. The van der Waals surface area contributed by atoms with Crippen LogP contribution in [0.4, 0.5) is 0 Å². The molecule has 0 bridgehead atoms. The van der Waals surface area contributed by atoms with Crippen LogP contribution in [0.5, 0.6) is 5.75 Å². The molecule has 0 amide bonds. The molecule has 0 radical (unpaired) electrons. The number of para-hydroxylation sites is 1. The Morgan fingerprint density at radius 3 is 2.84 bits per heavy atom. The molecule has 0 aliphatic rings. The van der Waals surface area contributed by atoms with Crippen molar-refractivity contribution in [1.82, 2.24) is 15.5 Å². The van der Waals surface area contributed by atoms with Gasteiger partial charge in [-0.25, -0.2) is 0 Å². The Morgan fingerprint density at radius 2 is 2.11 bits per heavy atom. The molecule has 1 heterocycles. The Morgan fingerprint density at radius 1 is 1.32 bits per heavy atom. The topological polar surface area (TPSA) is 60.2 Å². The summed E-state index contributed by atoms with van der Waals surface area (Å²) in [7, 11) is 1.63. The van der Waals surface area contributed by atoms with Crippen molar-refractivity contribution in [2.75, 3.05) is 13.7 Å². The van der Waals surface area contributed by atoms with E-state index in [2.05, 4.69) is 29.3 Å². The first-order valence-corrected chi connectivity index (χ1v) is 6.37. The highest BCUT2D eigenvalue weighted by Crippen LogP contribution is 2.26. The van der Waals surface area contributed by atoms with Crippen molar-refractivity contribution < 1.29 is 9.26 Å². The zero-order chi connectivity index (χ0) is 13.7. The second-order valence-electron chi connectivity index (χ2n) is 4.74. The van der Waals surface area contributed by atoms with Gasteiger partial charge in [0.15, 0.2) is 0 Å². The number of ether oxygens (including phenoxy) is 1. The summed E-state index contributed by atoms with van der Waals surface area (Å²) < 4.78 is 10.5. The molecule has 0 aliphatic carbocycles. The molecule has 5 heteroatoms. The molecule has 0 saturated carbocycles. The lowest BCUT2D eigenvalue weighted by Gasteiger charge is -2.04. The summed E-state index contributed by atoms with van der Waals surface area (Å²) in [5.41, 5.74) is 0.837. The SMILES string of the molecule is COc1ccccc1-c1noc(CNCC(C)C)n1. The summed E-state index contributed by atoms with van der Waals surface area (Å²) in [5, 5.41) is 7.25. The summed E-state index contributed by atoms with van der Waals surface area (Å²) in [6.07, 6.45) is 0. The van der Waals surface area contributed by atoms with Gasteiger partial charge in [0.2, 0.25) is 11.7 Å². The summed E-state index contributed by atoms with van der Waals surface area (Å²) in [5.74, 6) is 2.47. The average Bonchev–Trinajstić information content (AvgIpc) is 2.87. The second-order valence-corrected chi connectivity index (χ2v) is 4.74. The minimum Gasteiger partial charge on any atom is -0.496 e. The van der Waals surface area contributed by atoms with E-state index in [0.717, 1.165) is 17.9 Å². The largest absolute Gasteiger partial charge is 0.496 e. The van der Waals surface area contributed by atoms with E-state index in [-0.39, 0.29) is 0 Å². The van der Waals surface area contributed by atoms with Gasteiger partial charge in [-0.1, -0.05) is 31.1 Å². The molecule has 2 rings (SSSR count). The summed E-state index contributed by atoms with van der Waals surface area (Å²) in [6, 6.07) is 7.62.